The van der Waals surface area contributed by atoms with Crippen molar-refractivity contribution in [3.05, 3.63) is 22.4 Å². The van der Waals surface area contributed by atoms with E-state index < -0.39 is 17.9 Å². The second-order valence-electron chi connectivity index (χ2n) is 3.99. The van der Waals surface area contributed by atoms with Crippen LogP contribution in [0.2, 0.25) is 0 Å². The van der Waals surface area contributed by atoms with Crippen LogP contribution in [0.5, 0.6) is 0 Å². The highest BCUT2D eigenvalue weighted by atomic mass is 32.1. The number of rotatable bonds is 4. The topological polar surface area (TPSA) is 78.4 Å². The summed E-state index contributed by atoms with van der Waals surface area (Å²) >= 11 is 1.41. The van der Waals surface area contributed by atoms with E-state index in [-0.39, 0.29) is 12.6 Å². The molecule has 0 saturated heterocycles. The monoisotopic (exact) mass is 254 g/mol. The molecule has 1 aromatic heterocycles. The van der Waals surface area contributed by atoms with E-state index in [0.29, 0.717) is 0 Å². The van der Waals surface area contributed by atoms with Gasteiger partial charge in [-0.25, -0.2) is 0 Å². The third-order valence-electron chi connectivity index (χ3n) is 2.45. The zero-order valence-corrected chi connectivity index (χ0v) is 10.00. The summed E-state index contributed by atoms with van der Waals surface area (Å²) in [5, 5.41) is 16.5. The number of carbonyl (C=O) groups is 2. The molecular formula is C11H14N2O3S. The zero-order valence-electron chi connectivity index (χ0n) is 9.18. The van der Waals surface area contributed by atoms with Crippen LogP contribution in [0.15, 0.2) is 17.5 Å². The lowest BCUT2D eigenvalue weighted by Crippen LogP contribution is -2.42. The summed E-state index contributed by atoms with van der Waals surface area (Å²) in [5.74, 6) is -1.31. The SMILES string of the molecule is O=C(NCC(O)c1cccs1)C(=O)NC1CC1. The van der Waals surface area contributed by atoms with Crippen LogP contribution in [-0.4, -0.2) is 29.5 Å². The highest BCUT2D eigenvalue weighted by Crippen LogP contribution is 2.19. The van der Waals surface area contributed by atoms with Crippen LogP contribution in [0.3, 0.4) is 0 Å². The molecule has 1 fully saturated rings. The Balaban J connectivity index is 1.73. The molecule has 0 aromatic carbocycles. The molecule has 6 heteroatoms. The molecule has 1 saturated carbocycles. The third kappa shape index (κ3) is 3.54. The van der Waals surface area contributed by atoms with Gasteiger partial charge in [-0.3, -0.25) is 9.59 Å². The van der Waals surface area contributed by atoms with Crippen molar-refractivity contribution >= 4 is 23.2 Å². The number of nitrogens with one attached hydrogen (secondary N) is 2. The number of thiophene rings is 1. The van der Waals surface area contributed by atoms with Crippen LogP contribution in [-0.2, 0) is 9.59 Å². The summed E-state index contributed by atoms with van der Waals surface area (Å²) in [6.07, 6.45) is 1.13. The summed E-state index contributed by atoms with van der Waals surface area (Å²) in [6, 6.07) is 3.77. The van der Waals surface area contributed by atoms with Crippen LogP contribution in [0, 0.1) is 0 Å². The Morgan fingerprint density at radius 2 is 2.24 bits per heavy atom. The molecule has 2 amide bonds. The van der Waals surface area contributed by atoms with Gasteiger partial charge in [0.15, 0.2) is 0 Å². The van der Waals surface area contributed by atoms with Gasteiger partial charge < -0.3 is 15.7 Å². The van der Waals surface area contributed by atoms with Gasteiger partial charge in [0, 0.05) is 17.5 Å². The normalized spacial score (nSPS) is 16.3. The van der Waals surface area contributed by atoms with Gasteiger partial charge in [-0.05, 0) is 24.3 Å². The van der Waals surface area contributed by atoms with Crippen molar-refractivity contribution in [1.29, 1.82) is 0 Å². The molecule has 1 aromatic rings. The molecule has 0 spiro atoms. The minimum Gasteiger partial charge on any atom is -0.386 e. The molecule has 5 nitrogen and oxygen atoms in total. The van der Waals surface area contributed by atoms with Crippen molar-refractivity contribution in [1.82, 2.24) is 10.6 Å². The molecular weight excluding hydrogens is 240 g/mol. The van der Waals surface area contributed by atoms with Crippen molar-refractivity contribution in [2.45, 2.75) is 25.0 Å². The van der Waals surface area contributed by atoms with Gasteiger partial charge in [0.1, 0.15) is 6.10 Å². The van der Waals surface area contributed by atoms with Crippen molar-refractivity contribution in [2.75, 3.05) is 6.54 Å². The largest absolute Gasteiger partial charge is 0.386 e. The quantitative estimate of drug-likeness (QED) is 0.671. The Hall–Kier alpha value is -1.40. The van der Waals surface area contributed by atoms with Crippen molar-refractivity contribution < 1.29 is 14.7 Å². The second kappa shape index (κ2) is 5.29. The Morgan fingerprint density at radius 1 is 1.47 bits per heavy atom. The first-order chi connectivity index (χ1) is 8.16. The van der Waals surface area contributed by atoms with Gasteiger partial charge in [-0.1, -0.05) is 6.07 Å². The number of carbonyl (C=O) groups excluding carboxylic acids is 2. The van der Waals surface area contributed by atoms with E-state index in [0.717, 1.165) is 17.7 Å². The molecule has 1 aliphatic rings. The Morgan fingerprint density at radius 3 is 2.82 bits per heavy atom. The predicted octanol–water partition coefficient (Wildman–Crippen LogP) is 0.176. The fourth-order valence-corrected chi connectivity index (χ4v) is 2.04. The van der Waals surface area contributed by atoms with Gasteiger partial charge in [0.05, 0.1) is 0 Å². The van der Waals surface area contributed by atoms with E-state index in [1.807, 2.05) is 11.4 Å². The highest BCUT2D eigenvalue weighted by Gasteiger charge is 2.26. The second-order valence-corrected chi connectivity index (χ2v) is 4.97. The molecule has 1 unspecified atom stereocenters. The van der Waals surface area contributed by atoms with Crippen LogP contribution in [0.1, 0.15) is 23.8 Å². The third-order valence-corrected chi connectivity index (χ3v) is 3.42. The van der Waals surface area contributed by atoms with Gasteiger partial charge in [0.2, 0.25) is 0 Å². The molecule has 92 valence electrons. The fourth-order valence-electron chi connectivity index (χ4n) is 1.33. The van der Waals surface area contributed by atoms with Crippen molar-refractivity contribution in [3.8, 4) is 0 Å². The number of amides is 2. The first-order valence-electron chi connectivity index (χ1n) is 5.47. The molecule has 0 bridgehead atoms. The Bertz CT molecular complexity index is 401. The summed E-state index contributed by atoms with van der Waals surface area (Å²) < 4.78 is 0. The minimum atomic E-state index is -0.757. The molecule has 0 aliphatic heterocycles. The zero-order chi connectivity index (χ0) is 12.3. The minimum absolute atomic E-state index is 0.0530. The Labute approximate surface area is 103 Å². The van der Waals surface area contributed by atoms with Crippen LogP contribution in [0.25, 0.3) is 0 Å². The highest BCUT2D eigenvalue weighted by molar-refractivity contribution is 7.10. The van der Waals surface area contributed by atoms with Gasteiger partial charge in [0.25, 0.3) is 0 Å². The maximum absolute atomic E-state index is 11.3. The molecule has 1 atom stereocenters. The summed E-state index contributed by atoms with van der Waals surface area (Å²) in [6.45, 7) is 0.0530. The number of hydrogen-bond donors (Lipinski definition) is 3. The molecule has 0 radical (unpaired) electrons. The lowest BCUT2D eigenvalue weighted by atomic mass is 10.3. The van der Waals surface area contributed by atoms with Crippen LogP contribution >= 0.6 is 11.3 Å². The molecule has 1 heterocycles. The van der Waals surface area contributed by atoms with Crippen molar-refractivity contribution in [3.63, 3.8) is 0 Å². The molecule has 2 rings (SSSR count). The predicted molar refractivity (Wildman–Crippen MR) is 63.5 cm³/mol. The van der Waals surface area contributed by atoms with Crippen LogP contribution < -0.4 is 10.6 Å². The fraction of sp³-hybridized carbons (Fsp3) is 0.455. The van der Waals surface area contributed by atoms with Gasteiger partial charge in [-0.2, -0.15) is 0 Å². The maximum Gasteiger partial charge on any atom is 0.309 e. The summed E-state index contributed by atoms with van der Waals surface area (Å²) in [4.78, 5) is 23.4. The van der Waals surface area contributed by atoms with E-state index in [4.69, 9.17) is 0 Å². The standard InChI is InChI=1S/C11H14N2O3S/c14-8(9-2-1-5-17-9)6-12-10(15)11(16)13-7-3-4-7/h1-2,5,7-8,14H,3-4,6H2,(H,12,15)(H,13,16). The molecule has 3 N–H and O–H groups in total. The first-order valence-corrected chi connectivity index (χ1v) is 6.35. The molecule has 1 aliphatic carbocycles. The maximum atomic E-state index is 11.3. The van der Waals surface area contributed by atoms with E-state index in [1.165, 1.54) is 11.3 Å². The summed E-state index contributed by atoms with van der Waals surface area (Å²) in [7, 11) is 0. The lowest BCUT2D eigenvalue weighted by Gasteiger charge is -2.09. The first kappa shape index (κ1) is 12.1. The average molecular weight is 254 g/mol. The van der Waals surface area contributed by atoms with E-state index in [9.17, 15) is 14.7 Å². The van der Waals surface area contributed by atoms with E-state index >= 15 is 0 Å². The lowest BCUT2D eigenvalue weighted by molar-refractivity contribution is -0.139. The van der Waals surface area contributed by atoms with Crippen molar-refractivity contribution in [2.24, 2.45) is 0 Å². The number of hydrogen-bond acceptors (Lipinski definition) is 4. The number of aliphatic hydroxyl groups excluding tert-OH is 1. The Kier molecular flexibility index (Phi) is 3.75. The molecule has 17 heavy (non-hydrogen) atoms. The van der Waals surface area contributed by atoms with Crippen LogP contribution in [0.4, 0.5) is 0 Å². The number of aliphatic hydroxyl groups is 1. The smallest absolute Gasteiger partial charge is 0.309 e. The average Bonchev–Trinajstić information content (AvgIpc) is 2.96. The van der Waals surface area contributed by atoms with Gasteiger partial charge >= 0.3 is 11.8 Å². The summed E-state index contributed by atoms with van der Waals surface area (Å²) in [5.41, 5.74) is 0. The van der Waals surface area contributed by atoms with E-state index in [2.05, 4.69) is 10.6 Å². The van der Waals surface area contributed by atoms with Gasteiger partial charge in [-0.15, -0.1) is 11.3 Å². The van der Waals surface area contributed by atoms with E-state index in [1.54, 1.807) is 6.07 Å².